The molecule has 1 atom stereocenters. The van der Waals surface area contributed by atoms with E-state index < -0.39 is 0 Å². The molecule has 1 N–H and O–H groups in total. The molecule has 1 amide bonds. The van der Waals surface area contributed by atoms with E-state index in [4.69, 9.17) is 0 Å². The number of nitrogens with one attached hydrogen (secondary N) is 1. The summed E-state index contributed by atoms with van der Waals surface area (Å²) in [6.07, 6.45) is 1.66. The molecule has 0 radical (unpaired) electrons. The van der Waals surface area contributed by atoms with Crippen molar-refractivity contribution < 1.29 is 9.18 Å². The van der Waals surface area contributed by atoms with Gasteiger partial charge in [-0.3, -0.25) is 4.79 Å². The summed E-state index contributed by atoms with van der Waals surface area (Å²) >= 11 is 0. The Kier molecular flexibility index (Phi) is 3.42. The van der Waals surface area contributed by atoms with Crippen LogP contribution in [0.4, 0.5) is 10.1 Å². The van der Waals surface area contributed by atoms with Crippen LogP contribution in [0, 0.1) is 11.2 Å². The SMILES string of the molecule is O=C1N(c2cccc(F)c2)[C@H](c2ccccc2)C12CCNCC2. The molecule has 2 saturated heterocycles. The Hall–Kier alpha value is -2.20. The van der Waals surface area contributed by atoms with Gasteiger partial charge in [0, 0.05) is 5.69 Å². The minimum atomic E-state index is -0.348. The molecule has 4 rings (SSSR count). The summed E-state index contributed by atoms with van der Waals surface area (Å²) < 4.78 is 13.6. The normalized spacial score (nSPS) is 22.9. The van der Waals surface area contributed by atoms with Crippen LogP contribution in [0.2, 0.25) is 0 Å². The molecule has 0 bridgehead atoms. The number of benzene rings is 2. The van der Waals surface area contributed by atoms with Crippen molar-refractivity contribution in [3.8, 4) is 0 Å². The van der Waals surface area contributed by atoms with Crippen LogP contribution in [0.1, 0.15) is 24.4 Å². The van der Waals surface area contributed by atoms with Crippen LogP contribution < -0.4 is 10.2 Å². The summed E-state index contributed by atoms with van der Waals surface area (Å²) in [5.74, 6) is -0.188. The molecule has 2 heterocycles. The minimum Gasteiger partial charge on any atom is -0.317 e. The van der Waals surface area contributed by atoms with Crippen LogP contribution >= 0.6 is 0 Å². The quantitative estimate of drug-likeness (QED) is 0.863. The largest absolute Gasteiger partial charge is 0.317 e. The fourth-order valence-corrected chi connectivity index (χ4v) is 4.01. The molecule has 4 heteroatoms. The molecular formula is C19H19FN2O. The summed E-state index contributed by atoms with van der Waals surface area (Å²) in [5.41, 5.74) is 1.42. The molecule has 23 heavy (non-hydrogen) atoms. The van der Waals surface area contributed by atoms with Gasteiger partial charge in [-0.15, -0.1) is 0 Å². The first-order chi connectivity index (χ1) is 11.2. The minimum absolute atomic E-state index is 0.0138. The van der Waals surface area contributed by atoms with Gasteiger partial charge in [-0.05, 0) is 49.7 Å². The van der Waals surface area contributed by atoms with Crippen molar-refractivity contribution in [1.82, 2.24) is 5.32 Å². The standard InChI is InChI=1S/C19H19FN2O/c20-15-7-4-8-16(13-15)22-17(14-5-2-1-3-6-14)19(18(22)23)9-11-21-12-10-19/h1-8,13,17,21H,9-12H2/t17-/m1/s1. The summed E-state index contributed by atoms with van der Waals surface area (Å²) in [6, 6.07) is 16.4. The van der Waals surface area contributed by atoms with E-state index in [1.165, 1.54) is 12.1 Å². The van der Waals surface area contributed by atoms with Crippen LogP contribution in [0.25, 0.3) is 0 Å². The third kappa shape index (κ3) is 2.17. The number of anilines is 1. The molecule has 2 fully saturated rings. The molecule has 0 aliphatic carbocycles. The van der Waals surface area contributed by atoms with E-state index in [0.717, 1.165) is 31.5 Å². The Morgan fingerprint density at radius 1 is 1.04 bits per heavy atom. The fraction of sp³-hybridized carbons (Fsp3) is 0.316. The summed E-state index contributed by atoms with van der Waals surface area (Å²) in [7, 11) is 0. The number of carbonyl (C=O) groups excluding carboxylic acids is 1. The van der Waals surface area contributed by atoms with Crippen LogP contribution in [0.3, 0.4) is 0 Å². The van der Waals surface area contributed by atoms with Crippen LogP contribution in [0.5, 0.6) is 0 Å². The van der Waals surface area contributed by atoms with Crippen molar-refractivity contribution >= 4 is 11.6 Å². The number of β-lactam (4-membered cyclic amide) rings is 1. The van der Waals surface area contributed by atoms with Gasteiger partial charge in [-0.2, -0.15) is 0 Å². The second-order valence-corrected chi connectivity index (χ2v) is 6.37. The summed E-state index contributed by atoms with van der Waals surface area (Å²) in [6.45, 7) is 1.71. The van der Waals surface area contributed by atoms with Crippen molar-refractivity contribution in [3.63, 3.8) is 0 Å². The van der Waals surface area contributed by atoms with Crippen LogP contribution in [-0.2, 0) is 4.79 Å². The van der Waals surface area contributed by atoms with Gasteiger partial charge in [0.25, 0.3) is 0 Å². The molecule has 0 unspecified atom stereocenters. The van der Waals surface area contributed by atoms with Gasteiger partial charge in [-0.25, -0.2) is 4.39 Å². The third-order valence-corrected chi connectivity index (χ3v) is 5.12. The molecule has 3 nitrogen and oxygen atoms in total. The number of piperidine rings is 1. The Balaban J connectivity index is 1.78. The van der Waals surface area contributed by atoms with Gasteiger partial charge in [0.05, 0.1) is 11.5 Å². The Morgan fingerprint density at radius 3 is 2.48 bits per heavy atom. The maximum Gasteiger partial charge on any atom is 0.236 e. The molecular weight excluding hydrogens is 291 g/mol. The second-order valence-electron chi connectivity index (χ2n) is 6.37. The van der Waals surface area contributed by atoms with Crippen molar-refractivity contribution in [1.29, 1.82) is 0 Å². The van der Waals surface area contributed by atoms with Crippen molar-refractivity contribution in [2.24, 2.45) is 5.41 Å². The number of carbonyl (C=O) groups is 1. The maximum atomic E-state index is 13.6. The first-order valence-electron chi connectivity index (χ1n) is 8.07. The van der Waals surface area contributed by atoms with E-state index in [-0.39, 0.29) is 23.2 Å². The predicted octanol–water partition coefficient (Wildman–Crippen LogP) is 3.28. The number of nitrogens with zero attached hydrogens (tertiary/aromatic N) is 1. The van der Waals surface area contributed by atoms with Gasteiger partial charge >= 0.3 is 0 Å². The lowest BCUT2D eigenvalue weighted by Gasteiger charge is -2.58. The average Bonchev–Trinajstić information content (AvgIpc) is 2.60. The van der Waals surface area contributed by atoms with Crippen molar-refractivity contribution in [3.05, 3.63) is 66.0 Å². The first kappa shape index (κ1) is 14.4. The van der Waals surface area contributed by atoms with E-state index >= 15 is 0 Å². The summed E-state index contributed by atoms with van der Waals surface area (Å²) in [4.78, 5) is 14.8. The first-order valence-corrected chi connectivity index (χ1v) is 8.07. The Labute approximate surface area is 135 Å². The van der Waals surface area contributed by atoms with Gasteiger partial charge < -0.3 is 10.2 Å². The van der Waals surface area contributed by atoms with Gasteiger partial charge in [0.1, 0.15) is 5.82 Å². The van der Waals surface area contributed by atoms with Gasteiger partial charge in [-0.1, -0.05) is 36.4 Å². The molecule has 2 aliphatic heterocycles. The van der Waals surface area contributed by atoms with E-state index in [1.54, 1.807) is 11.0 Å². The highest BCUT2D eigenvalue weighted by Gasteiger charge is 2.61. The van der Waals surface area contributed by atoms with Crippen molar-refractivity contribution in [2.45, 2.75) is 18.9 Å². The third-order valence-electron chi connectivity index (χ3n) is 5.12. The Morgan fingerprint density at radius 2 is 1.78 bits per heavy atom. The predicted molar refractivity (Wildman–Crippen MR) is 87.6 cm³/mol. The van der Waals surface area contributed by atoms with Crippen LogP contribution in [0.15, 0.2) is 54.6 Å². The monoisotopic (exact) mass is 310 g/mol. The highest BCUT2D eigenvalue weighted by Crippen LogP contribution is 2.56. The molecule has 0 saturated carbocycles. The number of hydrogen-bond donors (Lipinski definition) is 1. The number of rotatable bonds is 2. The number of halogens is 1. The number of amides is 1. The molecule has 0 aromatic heterocycles. The second kappa shape index (κ2) is 5.46. The van der Waals surface area contributed by atoms with E-state index in [2.05, 4.69) is 17.4 Å². The zero-order valence-electron chi connectivity index (χ0n) is 12.8. The summed E-state index contributed by atoms with van der Waals surface area (Å²) in [5, 5.41) is 3.33. The zero-order valence-corrected chi connectivity index (χ0v) is 12.8. The van der Waals surface area contributed by atoms with Gasteiger partial charge in [0.15, 0.2) is 0 Å². The van der Waals surface area contributed by atoms with E-state index in [1.807, 2.05) is 24.3 Å². The lowest BCUT2D eigenvalue weighted by Crippen LogP contribution is -2.66. The lowest BCUT2D eigenvalue weighted by atomic mass is 9.62. The highest BCUT2D eigenvalue weighted by atomic mass is 19.1. The molecule has 2 aromatic rings. The van der Waals surface area contributed by atoms with E-state index in [9.17, 15) is 9.18 Å². The Bertz CT molecular complexity index is 725. The fourth-order valence-electron chi connectivity index (χ4n) is 4.01. The highest BCUT2D eigenvalue weighted by molar-refractivity contribution is 6.06. The average molecular weight is 310 g/mol. The van der Waals surface area contributed by atoms with Gasteiger partial charge in [0.2, 0.25) is 5.91 Å². The zero-order chi connectivity index (χ0) is 15.9. The van der Waals surface area contributed by atoms with Crippen LogP contribution in [-0.4, -0.2) is 19.0 Å². The molecule has 2 aromatic carbocycles. The van der Waals surface area contributed by atoms with E-state index in [0.29, 0.717) is 5.69 Å². The smallest absolute Gasteiger partial charge is 0.236 e. The lowest BCUT2D eigenvalue weighted by molar-refractivity contribution is -0.142. The molecule has 2 aliphatic rings. The van der Waals surface area contributed by atoms with Crippen molar-refractivity contribution in [2.75, 3.05) is 18.0 Å². The maximum absolute atomic E-state index is 13.6. The topological polar surface area (TPSA) is 32.3 Å². The molecule has 1 spiro atoms. The number of hydrogen-bond acceptors (Lipinski definition) is 2. The molecule has 118 valence electrons.